The zero-order chi connectivity index (χ0) is 15.7. The van der Waals surface area contributed by atoms with Crippen molar-refractivity contribution >= 4 is 0 Å². The first-order valence-corrected chi connectivity index (χ1v) is 7.47. The maximum atomic E-state index is 12.6. The summed E-state index contributed by atoms with van der Waals surface area (Å²) < 4.78 is 37.9. The normalized spacial score (nSPS) is 18.1. The quantitative estimate of drug-likeness (QED) is 0.826. The highest BCUT2D eigenvalue weighted by Crippen LogP contribution is 2.34. The molecule has 3 rings (SSSR count). The number of hydrogen-bond donors (Lipinski definition) is 1. The van der Waals surface area contributed by atoms with Crippen LogP contribution in [0.15, 0.2) is 42.5 Å². The van der Waals surface area contributed by atoms with Crippen LogP contribution in [0.1, 0.15) is 35.6 Å². The third kappa shape index (κ3) is 2.88. The van der Waals surface area contributed by atoms with Crippen LogP contribution in [0, 0.1) is 0 Å². The first-order valence-electron chi connectivity index (χ1n) is 7.47. The van der Waals surface area contributed by atoms with E-state index in [1.165, 1.54) is 11.1 Å². The molecule has 1 aliphatic rings. The van der Waals surface area contributed by atoms with Gasteiger partial charge < -0.3 is 5.32 Å². The number of halogens is 3. The fourth-order valence-electron chi connectivity index (χ4n) is 3.13. The zero-order valence-electron chi connectivity index (χ0n) is 12.4. The van der Waals surface area contributed by atoms with E-state index in [4.69, 9.17) is 0 Å². The highest BCUT2D eigenvalue weighted by Gasteiger charge is 2.30. The van der Waals surface area contributed by atoms with Crippen LogP contribution in [0.2, 0.25) is 0 Å². The van der Waals surface area contributed by atoms with Crippen LogP contribution in [-0.2, 0) is 12.6 Å². The molecule has 2 aromatic carbocycles. The highest BCUT2D eigenvalue weighted by atomic mass is 19.4. The summed E-state index contributed by atoms with van der Waals surface area (Å²) in [6, 6.07) is 11.9. The standard InChI is InChI=1S/C18H18F3N/c1-22-17-4-2-3-13-5-6-14(11-16(13)17)12-7-9-15(10-8-12)18(19,20)21/h5-11,17,22H,2-4H2,1H3. The second-order valence-electron chi connectivity index (χ2n) is 5.72. The van der Waals surface area contributed by atoms with Crippen LogP contribution in [-0.4, -0.2) is 7.05 Å². The lowest BCUT2D eigenvalue weighted by Gasteiger charge is -2.26. The molecule has 1 unspecified atom stereocenters. The van der Waals surface area contributed by atoms with Crippen LogP contribution in [0.4, 0.5) is 13.2 Å². The number of hydrogen-bond acceptors (Lipinski definition) is 1. The molecule has 0 radical (unpaired) electrons. The fourth-order valence-corrected chi connectivity index (χ4v) is 3.13. The van der Waals surface area contributed by atoms with E-state index in [-0.39, 0.29) is 0 Å². The molecule has 1 atom stereocenters. The molecular weight excluding hydrogens is 287 g/mol. The van der Waals surface area contributed by atoms with Crippen molar-refractivity contribution in [1.82, 2.24) is 5.32 Å². The molecule has 0 bridgehead atoms. The number of rotatable bonds is 2. The summed E-state index contributed by atoms with van der Waals surface area (Å²) in [5, 5.41) is 3.32. The SMILES string of the molecule is CNC1CCCc2ccc(-c3ccc(C(F)(F)F)cc3)cc21. The summed E-state index contributed by atoms with van der Waals surface area (Å²) in [5.74, 6) is 0. The molecule has 0 aliphatic heterocycles. The van der Waals surface area contributed by atoms with Gasteiger partial charge >= 0.3 is 6.18 Å². The Bertz CT molecular complexity index is 659. The van der Waals surface area contributed by atoms with Crippen molar-refractivity contribution in [3.05, 3.63) is 59.2 Å². The Hall–Kier alpha value is -1.81. The smallest absolute Gasteiger partial charge is 0.313 e. The van der Waals surface area contributed by atoms with Gasteiger partial charge in [0.2, 0.25) is 0 Å². The van der Waals surface area contributed by atoms with E-state index < -0.39 is 11.7 Å². The number of nitrogens with one attached hydrogen (secondary N) is 1. The summed E-state index contributed by atoms with van der Waals surface area (Å²) in [7, 11) is 1.95. The van der Waals surface area contributed by atoms with Crippen LogP contribution in [0.5, 0.6) is 0 Å². The Balaban J connectivity index is 1.95. The van der Waals surface area contributed by atoms with E-state index in [1.54, 1.807) is 12.1 Å². The summed E-state index contributed by atoms with van der Waals surface area (Å²) in [4.78, 5) is 0. The van der Waals surface area contributed by atoms with Gasteiger partial charge in [0.1, 0.15) is 0 Å². The summed E-state index contributed by atoms with van der Waals surface area (Å²) in [6.45, 7) is 0. The minimum atomic E-state index is -4.29. The summed E-state index contributed by atoms with van der Waals surface area (Å²) in [6.07, 6.45) is -0.954. The number of aryl methyl sites for hydroxylation is 1. The Kier molecular flexibility index (Phi) is 3.96. The second-order valence-corrected chi connectivity index (χ2v) is 5.72. The fraction of sp³-hybridized carbons (Fsp3) is 0.333. The van der Waals surface area contributed by atoms with Crippen molar-refractivity contribution in [1.29, 1.82) is 0 Å². The van der Waals surface area contributed by atoms with Crippen molar-refractivity contribution in [2.75, 3.05) is 7.05 Å². The van der Waals surface area contributed by atoms with E-state index >= 15 is 0 Å². The maximum absolute atomic E-state index is 12.6. The minimum absolute atomic E-state index is 0.332. The zero-order valence-corrected chi connectivity index (χ0v) is 12.4. The largest absolute Gasteiger partial charge is 0.416 e. The van der Waals surface area contributed by atoms with Crippen molar-refractivity contribution in [3.8, 4) is 11.1 Å². The Morgan fingerprint density at radius 1 is 1.00 bits per heavy atom. The molecule has 4 heteroatoms. The average molecular weight is 305 g/mol. The predicted octanol–water partition coefficient (Wildman–Crippen LogP) is 4.97. The molecule has 0 saturated heterocycles. The van der Waals surface area contributed by atoms with Gasteiger partial charge in [-0.05, 0) is 66.8 Å². The molecule has 1 N–H and O–H groups in total. The molecule has 116 valence electrons. The number of alkyl halides is 3. The molecule has 0 amide bonds. The van der Waals surface area contributed by atoms with Gasteiger partial charge in [0.05, 0.1) is 5.56 Å². The molecule has 0 spiro atoms. The van der Waals surface area contributed by atoms with Gasteiger partial charge in [-0.1, -0.05) is 24.3 Å². The first-order chi connectivity index (χ1) is 10.5. The van der Waals surface area contributed by atoms with Gasteiger partial charge in [0.15, 0.2) is 0 Å². The third-order valence-corrected chi connectivity index (χ3v) is 4.35. The van der Waals surface area contributed by atoms with Gasteiger partial charge in [-0.25, -0.2) is 0 Å². The summed E-state index contributed by atoms with van der Waals surface area (Å²) in [5.41, 5.74) is 3.78. The Labute approximate surface area is 128 Å². The number of benzene rings is 2. The van der Waals surface area contributed by atoms with Crippen molar-refractivity contribution < 1.29 is 13.2 Å². The van der Waals surface area contributed by atoms with Gasteiger partial charge in [0, 0.05) is 6.04 Å². The lowest BCUT2D eigenvalue weighted by molar-refractivity contribution is -0.137. The maximum Gasteiger partial charge on any atom is 0.416 e. The highest BCUT2D eigenvalue weighted by molar-refractivity contribution is 5.65. The number of fused-ring (bicyclic) bond motifs is 1. The molecule has 0 saturated carbocycles. The average Bonchev–Trinajstić information content (AvgIpc) is 2.53. The molecular formula is C18H18F3N. The van der Waals surface area contributed by atoms with E-state index in [1.807, 2.05) is 13.1 Å². The first kappa shape index (κ1) is 15.1. The van der Waals surface area contributed by atoms with Crippen LogP contribution < -0.4 is 5.32 Å². The molecule has 1 nitrogen and oxygen atoms in total. The molecule has 22 heavy (non-hydrogen) atoms. The minimum Gasteiger partial charge on any atom is -0.313 e. The molecule has 2 aromatic rings. The topological polar surface area (TPSA) is 12.0 Å². The lowest BCUT2D eigenvalue weighted by atomic mass is 9.85. The monoisotopic (exact) mass is 305 g/mol. The van der Waals surface area contributed by atoms with Gasteiger partial charge in [0.25, 0.3) is 0 Å². The predicted molar refractivity (Wildman–Crippen MR) is 81.6 cm³/mol. The van der Waals surface area contributed by atoms with Gasteiger partial charge in [-0.3, -0.25) is 0 Å². The van der Waals surface area contributed by atoms with E-state index in [9.17, 15) is 13.2 Å². The third-order valence-electron chi connectivity index (χ3n) is 4.35. The Morgan fingerprint density at radius 3 is 2.32 bits per heavy atom. The molecule has 0 fully saturated rings. The lowest BCUT2D eigenvalue weighted by Crippen LogP contribution is -2.21. The van der Waals surface area contributed by atoms with E-state index in [0.29, 0.717) is 6.04 Å². The van der Waals surface area contributed by atoms with Crippen LogP contribution in [0.25, 0.3) is 11.1 Å². The van der Waals surface area contributed by atoms with Crippen molar-refractivity contribution in [2.24, 2.45) is 0 Å². The molecule has 0 aromatic heterocycles. The van der Waals surface area contributed by atoms with Crippen LogP contribution >= 0.6 is 0 Å². The van der Waals surface area contributed by atoms with Crippen molar-refractivity contribution in [2.45, 2.75) is 31.5 Å². The van der Waals surface area contributed by atoms with Crippen LogP contribution in [0.3, 0.4) is 0 Å². The Morgan fingerprint density at radius 2 is 1.68 bits per heavy atom. The van der Waals surface area contributed by atoms with Crippen molar-refractivity contribution in [3.63, 3.8) is 0 Å². The van der Waals surface area contributed by atoms with Gasteiger partial charge in [-0.15, -0.1) is 0 Å². The van der Waals surface area contributed by atoms with E-state index in [0.717, 1.165) is 42.5 Å². The molecule has 0 heterocycles. The second kappa shape index (κ2) is 5.76. The summed E-state index contributed by atoms with van der Waals surface area (Å²) >= 11 is 0. The van der Waals surface area contributed by atoms with Gasteiger partial charge in [-0.2, -0.15) is 13.2 Å². The molecule has 1 aliphatic carbocycles. The van der Waals surface area contributed by atoms with E-state index in [2.05, 4.69) is 17.4 Å².